The van der Waals surface area contributed by atoms with Gasteiger partial charge in [0.1, 0.15) is 0 Å². The summed E-state index contributed by atoms with van der Waals surface area (Å²) in [5, 5.41) is 15.2. The standard InChI is InChI=1S/C13H24N4OS2/c1-5-6-7-14-12-16-17-13(20-12)19-8-11(18)15-10(4)9(2)3/h9-10H,5-8H2,1-4H3,(H,14,16)(H,15,18)/t10-/m0/s1. The summed E-state index contributed by atoms with van der Waals surface area (Å²) in [6.45, 7) is 9.28. The molecule has 0 bridgehead atoms. The van der Waals surface area contributed by atoms with E-state index in [2.05, 4.69) is 41.6 Å². The average Bonchev–Trinajstić information content (AvgIpc) is 2.84. The minimum atomic E-state index is 0.0480. The van der Waals surface area contributed by atoms with Gasteiger partial charge in [0.25, 0.3) is 0 Å². The highest BCUT2D eigenvalue weighted by Gasteiger charge is 2.12. The van der Waals surface area contributed by atoms with E-state index in [4.69, 9.17) is 0 Å². The summed E-state index contributed by atoms with van der Waals surface area (Å²) in [6.07, 6.45) is 2.28. The normalized spacial score (nSPS) is 12.4. The summed E-state index contributed by atoms with van der Waals surface area (Å²) >= 11 is 2.94. The number of amides is 1. The quantitative estimate of drug-likeness (QED) is 0.541. The van der Waals surface area contributed by atoms with Crippen LogP contribution in [0.25, 0.3) is 0 Å². The number of hydrogen-bond acceptors (Lipinski definition) is 6. The molecule has 0 fully saturated rings. The lowest BCUT2D eigenvalue weighted by Crippen LogP contribution is -2.37. The van der Waals surface area contributed by atoms with E-state index in [-0.39, 0.29) is 11.9 Å². The zero-order valence-electron chi connectivity index (χ0n) is 12.6. The summed E-state index contributed by atoms with van der Waals surface area (Å²) < 4.78 is 0.830. The number of hydrogen-bond donors (Lipinski definition) is 2. The van der Waals surface area contributed by atoms with Crippen molar-refractivity contribution in [2.24, 2.45) is 5.92 Å². The van der Waals surface area contributed by atoms with Crippen LogP contribution in [0.5, 0.6) is 0 Å². The third-order valence-corrected chi connectivity index (χ3v) is 4.94. The van der Waals surface area contributed by atoms with E-state index in [9.17, 15) is 4.79 Å². The molecule has 2 N–H and O–H groups in total. The SMILES string of the molecule is CCCCNc1nnc(SCC(=O)N[C@@H](C)C(C)C)s1. The molecule has 114 valence electrons. The fraction of sp³-hybridized carbons (Fsp3) is 0.769. The highest BCUT2D eigenvalue weighted by atomic mass is 32.2. The predicted molar refractivity (Wildman–Crippen MR) is 86.5 cm³/mol. The molecule has 0 aliphatic carbocycles. The zero-order valence-corrected chi connectivity index (χ0v) is 14.2. The number of carbonyl (C=O) groups excluding carboxylic acids is 1. The molecule has 7 heteroatoms. The van der Waals surface area contributed by atoms with Crippen LogP contribution in [0.1, 0.15) is 40.5 Å². The number of nitrogens with one attached hydrogen (secondary N) is 2. The molecule has 1 amide bonds. The van der Waals surface area contributed by atoms with E-state index in [1.54, 1.807) is 0 Å². The molecule has 1 heterocycles. The molecule has 20 heavy (non-hydrogen) atoms. The molecule has 0 radical (unpaired) electrons. The fourth-order valence-corrected chi connectivity index (χ4v) is 2.89. The van der Waals surface area contributed by atoms with Gasteiger partial charge in [0, 0.05) is 12.6 Å². The maximum atomic E-state index is 11.8. The van der Waals surface area contributed by atoms with Crippen molar-refractivity contribution in [2.45, 2.75) is 50.9 Å². The van der Waals surface area contributed by atoms with E-state index >= 15 is 0 Å². The van der Waals surface area contributed by atoms with Gasteiger partial charge in [-0.2, -0.15) is 0 Å². The zero-order chi connectivity index (χ0) is 15.0. The Hall–Kier alpha value is -0.820. The highest BCUT2D eigenvalue weighted by molar-refractivity contribution is 8.01. The number of aromatic nitrogens is 2. The van der Waals surface area contributed by atoms with Crippen molar-refractivity contribution in [3.05, 3.63) is 0 Å². The topological polar surface area (TPSA) is 66.9 Å². The van der Waals surface area contributed by atoms with E-state index in [1.165, 1.54) is 23.1 Å². The summed E-state index contributed by atoms with van der Waals surface area (Å²) in [5.74, 6) is 0.882. The monoisotopic (exact) mass is 316 g/mol. The number of anilines is 1. The second-order valence-corrected chi connectivity index (χ2v) is 7.24. The average molecular weight is 316 g/mol. The molecule has 0 aromatic carbocycles. The lowest BCUT2D eigenvalue weighted by molar-refractivity contribution is -0.119. The Bertz CT molecular complexity index is 409. The Balaban J connectivity index is 2.29. The molecule has 0 unspecified atom stereocenters. The number of carbonyl (C=O) groups is 1. The Morgan fingerprint density at radius 1 is 1.35 bits per heavy atom. The predicted octanol–water partition coefficient (Wildman–Crippen LogP) is 3.00. The van der Waals surface area contributed by atoms with Crippen LogP contribution in [0.15, 0.2) is 4.34 Å². The molecule has 0 saturated carbocycles. The Labute approximate surface area is 129 Å². The van der Waals surface area contributed by atoms with Gasteiger partial charge in [-0.15, -0.1) is 10.2 Å². The molecule has 1 rings (SSSR count). The third kappa shape index (κ3) is 6.56. The van der Waals surface area contributed by atoms with Gasteiger partial charge >= 0.3 is 0 Å². The molecule has 1 aromatic rings. The van der Waals surface area contributed by atoms with Gasteiger partial charge in [-0.3, -0.25) is 4.79 Å². The van der Waals surface area contributed by atoms with Crippen molar-refractivity contribution in [3.8, 4) is 0 Å². The van der Waals surface area contributed by atoms with Crippen molar-refractivity contribution in [2.75, 3.05) is 17.6 Å². The summed E-state index contributed by atoms with van der Waals surface area (Å²) in [7, 11) is 0. The Morgan fingerprint density at radius 3 is 2.75 bits per heavy atom. The van der Waals surface area contributed by atoms with Crippen LogP contribution in [0.4, 0.5) is 5.13 Å². The van der Waals surface area contributed by atoms with Crippen LogP contribution in [-0.2, 0) is 4.79 Å². The number of unbranched alkanes of at least 4 members (excludes halogenated alkanes) is 1. The first-order chi connectivity index (χ1) is 9.52. The maximum absolute atomic E-state index is 11.8. The second-order valence-electron chi connectivity index (χ2n) is 5.04. The van der Waals surface area contributed by atoms with Crippen LogP contribution in [-0.4, -0.2) is 34.4 Å². The van der Waals surface area contributed by atoms with Gasteiger partial charge < -0.3 is 10.6 Å². The molecule has 1 atom stereocenters. The smallest absolute Gasteiger partial charge is 0.230 e. The first kappa shape index (κ1) is 17.2. The first-order valence-corrected chi connectivity index (χ1v) is 8.82. The minimum absolute atomic E-state index is 0.0480. The number of thioether (sulfide) groups is 1. The molecule has 0 spiro atoms. The van der Waals surface area contributed by atoms with Crippen molar-refractivity contribution >= 4 is 34.1 Å². The van der Waals surface area contributed by atoms with Gasteiger partial charge in [0.05, 0.1) is 5.75 Å². The van der Waals surface area contributed by atoms with Crippen LogP contribution in [0.3, 0.4) is 0 Å². The Kier molecular flexibility index (Phi) is 7.91. The van der Waals surface area contributed by atoms with Gasteiger partial charge in [0.2, 0.25) is 11.0 Å². The molecular weight excluding hydrogens is 292 g/mol. The molecule has 0 aliphatic heterocycles. The van der Waals surface area contributed by atoms with Gasteiger partial charge in [-0.25, -0.2) is 0 Å². The summed E-state index contributed by atoms with van der Waals surface area (Å²) in [6, 6.07) is 0.198. The summed E-state index contributed by atoms with van der Waals surface area (Å²) in [4.78, 5) is 11.8. The van der Waals surface area contributed by atoms with Gasteiger partial charge in [-0.05, 0) is 19.3 Å². The molecule has 0 saturated heterocycles. The van der Waals surface area contributed by atoms with Crippen molar-refractivity contribution in [1.82, 2.24) is 15.5 Å². The van der Waals surface area contributed by atoms with E-state index in [0.717, 1.165) is 28.9 Å². The minimum Gasteiger partial charge on any atom is -0.360 e. The van der Waals surface area contributed by atoms with Crippen LogP contribution in [0, 0.1) is 5.92 Å². The molecule has 5 nitrogen and oxygen atoms in total. The number of rotatable bonds is 9. The summed E-state index contributed by atoms with van der Waals surface area (Å²) in [5.41, 5.74) is 0. The molecule has 1 aromatic heterocycles. The largest absolute Gasteiger partial charge is 0.360 e. The van der Waals surface area contributed by atoms with Gasteiger partial charge in [0.15, 0.2) is 4.34 Å². The van der Waals surface area contributed by atoms with E-state index in [1.807, 2.05) is 6.92 Å². The molecular formula is C13H24N4OS2. The first-order valence-electron chi connectivity index (χ1n) is 7.02. The lowest BCUT2D eigenvalue weighted by atomic mass is 10.1. The molecule has 0 aliphatic rings. The van der Waals surface area contributed by atoms with Gasteiger partial charge in [-0.1, -0.05) is 50.3 Å². The third-order valence-electron chi connectivity index (χ3n) is 2.93. The highest BCUT2D eigenvalue weighted by Crippen LogP contribution is 2.25. The van der Waals surface area contributed by atoms with Crippen LogP contribution < -0.4 is 10.6 Å². The number of nitrogens with zero attached hydrogens (tertiary/aromatic N) is 2. The fourth-order valence-electron chi connectivity index (χ4n) is 1.30. The Morgan fingerprint density at radius 2 is 2.10 bits per heavy atom. The maximum Gasteiger partial charge on any atom is 0.230 e. The van der Waals surface area contributed by atoms with Crippen LogP contribution in [0.2, 0.25) is 0 Å². The van der Waals surface area contributed by atoms with Crippen molar-refractivity contribution < 1.29 is 4.79 Å². The van der Waals surface area contributed by atoms with E-state index in [0.29, 0.717) is 11.7 Å². The van der Waals surface area contributed by atoms with Crippen LogP contribution >= 0.6 is 23.1 Å². The van der Waals surface area contributed by atoms with E-state index < -0.39 is 0 Å². The lowest BCUT2D eigenvalue weighted by Gasteiger charge is -2.16. The van der Waals surface area contributed by atoms with Crippen molar-refractivity contribution in [3.63, 3.8) is 0 Å². The second kappa shape index (κ2) is 9.18. The van der Waals surface area contributed by atoms with Crippen molar-refractivity contribution in [1.29, 1.82) is 0 Å².